The van der Waals surface area contributed by atoms with Crippen LogP contribution in [0.3, 0.4) is 0 Å². The van der Waals surface area contributed by atoms with Gasteiger partial charge in [-0.3, -0.25) is 4.79 Å². The first-order valence-corrected chi connectivity index (χ1v) is 9.69. The standard InChI is InChI=1S/C23H21ClN2O4/c1-2-29-22-13-17(5-12-21(22)27)14-25-26-23(28)18-6-10-20(11-7-18)30-15-16-3-8-19(24)9-4-16/h3-14,27H,2,15H2,1H3,(H,26,28)/b25-14+. The molecule has 3 aromatic carbocycles. The lowest BCUT2D eigenvalue weighted by Crippen LogP contribution is -2.17. The number of benzene rings is 3. The molecule has 0 aliphatic carbocycles. The van der Waals surface area contributed by atoms with Gasteiger partial charge in [-0.2, -0.15) is 5.10 Å². The second-order valence-corrected chi connectivity index (χ2v) is 6.74. The third-order valence-corrected chi connectivity index (χ3v) is 4.35. The normalized spacial score (nSPS) is 10.7. The van der Waals surface area contributed by atoms with Crippen LogP contribution >= 0.6 is 11.6 Å². The SMILES string of the molecule is CCOc1cc(/C=N/NC(=O)c2ccc(OCc3ccc(Cl)cc3)cc2)ccc1O. The van der Waals surface area contributed by atoms with Gasteiger partial charge in [0.1, 0.15) is 12.4 Å². The maximum Gasteiger partial charge on any atom is 0.271 e. The molecule has 0 atom stereocenters. The van der Waals surface area contributed by atoms with Crippen molar-refractivity contribution in [3.8, 4) is 17.2 Å². The first-order chi connectivity index (χ1) is 14.5. The Bertz CT molecular complexity index is 1020. The zero-order chi connectivity index (χ0) is 21.3. The Kier molecular flexibility index (Phi) is 7.29. The van der Waals surface area contributed by atoms with Crippen LogP contribution in [0.5, 0.6) is 17.2 Å². The highest BCUT2D eigenvalue weighted by atomic mass is 35.5. The topological polar surface area (TPSA) is 80.2 Å². The largest absolute Gasteiger partial charge is 0.504 e. The number of hydrogen-bond acceptors (Lipinski definition) is 5. The smallest absolute Gasteiger partial charge is 0.271 e. The Hall–Kier alpha value is -3.51. The van der Waals surface area contributed by atoms with Gasteiger partial charge < -0.3 is 14.6 Å². The molecule has 0 bridgehead atoms. The molecule has 7 heteroatoms. The Balaban J connectivity index is 1.53. The summed E-state index contributed by atoms with van der Waals surface area (Å²) in [4.78, 5) is 12.2. The van der Waals surface area contributed by atoms with Crippen molar-refractivity contribution in [1.82, 2.24) is 5.43 Å². The van der Waals surface area contributed by atoms with Crippen molar-refractivity contribution < 1.29 is 19.4 Å². The summed E-state index contributed by atoms with van der Waals surface area (Å²) in [5, 5.41) is 14.3. The summed E-state index contributed by atoms with van der Waals surface area (Å²) in [6.07, 6.45) is 1.48. The van der Waals surface area contributed by atoms with Gasteiger partial charge in [0.05, 0.1) is 12.8 Å². The fourth-order valence-corrected chi connectivity index (χ4v) is 2.69. The van der Waals surface area contributed by atoms with Crippen molar-refractivity contribution in [2.75, 3.05) is 6.61 Å². The van der Waals surface area contributed by atoms with Crippen molar-refractivity contribution in [2.24, 2.45) is 5.10 Å². The van der Waals surface area contributed by atoms with Crippen LogP contribution in [0.4, 0.5) is 0 Å². The summed E-state index contributed by atoms with van der Waals surface area (Å²) in [5.74, 6) is 0.718. The molecule has 0 aliphatic heterocycles. The predicted octanol–water partition coefficient (Wildman–Crippen LogP) is 4.79. The lowest BCUT2D eigenvalue weighted by Gasteiger charge is -2.07. The molecule has 0 saturated heterocycles. The highest BCUT2D eigenvalue weighted by Gasteiger charge is 2.06. The van der Waals surface area contributed by atoms with Gasteiger partial charge >= 0.3 is 0 Å². The molecule has 3 rings (SSSR count). The number of phenolic OH excluding ortho intramolecular Hbond substituents is 1. The first-order valence-electron chi connectivity index (χ1n) is 9.31. The van der Waals surface area contributed by atoms with Gasteiger partial charge in [-0.25, -0.2) is 5.43 Å². The fourth-order valence-electron chi connectivity index (χ4n) is 2.56. The van der Waals surface area contributed by atoms with E-state index in [9.17, 15) is 9.90 Å². The van der Waals surface area contributed by atoms with Crippen molar-refractivity contribution in [1.29, 1.82) is 0 Å². The molecule has 0 unspecified atom stereocenters. The molecular formula is C23H21ClN2O4. The third kappa shape index (κ3) is 5.99. The summed E-state index contributed by atoms with van der Waals surface area (Å²) in [6, 6.07) is 19.0. The molecule has 0 aromatic heterocycles. The summed E-state index contributed by atoms with van der Waals surface area (Å²) in [7, 11) is 0. The van der Waals surface area contributed by atoms with E-state index in [-0.39, 0.29) is 11.7 Å². The molecular weight excluding hydrogens is 404 g/mol. The van der Waals surface area contributed by atoms with E-state index in [0.717, 1.165) is 5.56 Å². The van der Waals surface area contributed by atoms with Gasteiger partial charge in [0.15, 0.2) is 11.5 Å². The molecule has 2 N–H and O–H groups in total. The number of nitrogens with one attached hydrogen (secondary N) is 1. The number of carbonyl (C=O) groups excluding carboxylic acids is 1. The van der Waals surface area contributed by atoms with Crippen LogP contribution in [0.2, 0.25) is 5.02 Å². The number of rotatable bonds is 8. The molecule has 6 nitrogen and oxygen atoms in total. The number of aromatic hydroxyl groups is 1. The second-order valence-electron chi connectivity index (χ2n) is 6.30. The number of hydrazone groups is 1. The summed E-state index contributed by atoms with van der Waals surface area (Å²) in [5.41, 5.74) is 4.60. The van der Waals surface area contributed by atoms with Crippen LogP contribution in [-0.2, 0) is 6.61 Å². The van der Waals surface area contributed by atoms with E-state index in [1.54, 1.807) is 36.4 Å². The lowest BCUT2D eigenvalue weighted by molar-refractivity contribution is 0.0955. The Morgan fingerprint density at radius 1 is 1.07 bits per heavy atom. The highest BCUT2D eigenvalue weighted by molar-refractivity contribution is 6.30. The third-order valence-electron chi connectivity index (χ3n) is 4.10. The fraction of sp³-hybridized carbons (Fsp3) is 0.130. The number of nitrogens with zero attached hydrogens (tertiary/aromatic N) is 1. The van der Waals surface area contributed by atoms with Crippen LogP contribution in [-0.4, -0.2) is 23.8 Å². The van der Waals surface area contributed by atoms with Gasteiger partial charge in [-0.1, -0.05) is 23.7 Å². The highest BCUT2D eigenvalue weighted by Crippen LogP contribution is 2.26. The molecule has 154 valence electrons. The minimum Gasteiger partial charge on any atom is -0.504 e. The molecule has 0 heterocycles. The number of phenols is 1. The Morgan fingerprint density at radius 3 is 2.50 bits per heavy atom. The van der Waals surface area contributed by atoms with Crippen molar-refractivity contribution in [3.05, 3.63) is 88.4 Å². The van der Waals surface area contributed by atoms with E-state index in [1.807, 2.05) is 31.2 Å². The Morgan fingerprint density at radius 2 is 1.80 bits per heavy atom. The van der Waals surface area contributed by atoms with Crippen molar-refractivity contribution in [2.45, 2.75) is 13.5 Å². The number of ether oxygens (including phenoxy) is 2. The molecule has 0 radical (unpaired) electrons. The quantitative estimate of drug-likeness (QED) is 0.402. The van der Waals surface area contributed by atoms with Crippen LogP contribution in [0.25, 0.3) is 0 Å². The van der Waals surface area contributed by atoms with Gasteiger partial charge in [-0.15, -0.1) is 0 Å². The van der Waals surface area contributed by atoms with Crippen molar-refractivity contribution in [3.63, 3.8) is 0 Å². The van der Waals surface area contributed by atoms with Gasteiger partial charge in [0.25, 0.3) is 5.91 Å². The van der Waals surface area contributed by atoms with Gasteiger partial charge in [0.2, 0.25) is 0 Å². The number of carbonyl (C=O) groups is 1. The minimum atomic E-state index is -0.348. The second kappa shape index (κ2) is 10.3. The van der Waals surface area contributed by atoms with Crippen LogP contribution in [0, 0.1) is 0 Å². The Labute approximate surface area is 179 Å². The number of halogens is 1. The monoisotopic (exact) mass is 424 g/mol. The van der Waals surface area contributed by atoms with Gasteiger partial charge in [0, 0.05) is 10.6 Å². The zero-order valence-corrected chi connectivity index (χ0v) is 17.1. The molecule has 3 aromatic rings. The van der Waals surface area contributed by atoms with E-state index < -0.39 is 0 Å². The molecule has 0 spiro atoms. The van der Waals surface area contributed by atoms with Crippen LogP contribution < -0.4 is 14.9 Å². The first kappa shape index (κ1) is 21.2. The predicted molar refractivity (Wildman–Crippen MR) is 117 cm³/mol. The van der Waals surface area contributed by atoms with Crippen LogP contribution in [0.15, 0.2) is 71.8 Å². The molecule has 0 fully saturated rings. The van der Waals surface area contributed by atoms with E-state index >= 15 is 0 Å². The maximum absolute atomic E-state index is 12.2. The maximum atomic E-state index is 12.2. The zero-order valence-electron chi connectivity index (χ0n) is 16.3. The van der Waals surface area contributed by atoms with E-state index in [0.29, 0.717) is 40.9 Å². The lowest BCUT2D eigenvalue weighted by atomic mass is 10.2. The van der Waals surface area contributed by atoms with Gasteiger partial charge in [-0.05, 0) is 72.6 Å². The number of hydrogen-bond donors (Lipinski definition) is 2. The molecule has 30 heavy (non-hydrogen) atoms. The van der Waals surface area contributed by atoms with E-state index in [4.69, 9.17) is 21.1 Å². The summed E-state index contributed by atoms with van der Waals surface area (Å²) < 4.78 is 11.0. The minimum absolute atomic E-state index is 0.0522. The molecule has 1 amide bonds. The molecule has 0 aliphatic rings. The van der Waals surface area contributed by atoms with E-state index in [1.165, 1.54) is 12.3 Å². The number of amides is 1. The van der Waals surface area contributed by atoms with Crippen molar-refractivity contribution >= 4 is 23.7 Å². The average molecular weight is 425 g/mol. The molecule has 0 saturated carbocycles. The van der Waals surface area contributed by atoms with Crippen LogP contribution in [0.1, 0.15) is 28.4 Å². The summed E-state index contributed by atoms with van der Waals surface area (Å²) in [6.45, 7) is 2.67. The summed E-state index contributed by atoms with van der Waals surface area (Å²) >= 11 is 5.87. The average Bonchev–Trinajstić information content (AvgIpc) is 2.76. The van der Waals surface area contributed by atoms with E-state index in [2.05, 4.69) is 10.5 Å².